The molecule has 0 aliphatic carbocycles. The van der Waals surface area contributed by atoms with Crippen LogP contribution in [-0.4, -0.2) is 35.2 Å². The fourth-order valence-electron chi connectivity index (χ4n) is 4.22. The SMILES string of the molecule is CCCCOC(=O)Cn1c(N2CCCCC2)ncc(N[C@H](C)c2ccc(-c3ccccc3)s2)c1=O. The van der Waals surface area contributed by atoms with Crippen LogP contribution >= 0.6 is 11.3 Å². The first-order valence-electron chi connectivity index (χ1n) is 12.5. The topological polar surface area (TPSA) is 76.5 Å². The first kappa shape index (κ1) is 25.0. The Bertz CT molecular complexity index is 1170. The minimum absolute atomic E-state index is 0.0854. The number of esters is 1. The summed E-state index contributed by atoms with van der Waals surface area (Å²) in [5.74, 6) is 0.138. The molecule has 1 N–H and O–H groups in total. The number of carbonyl (C=O) groups excluding carboxylic acids is 1. The molecule has 1 atom stereocenters. The summed E-state index contributed by atoms with van der Waals surface area (Å²) < 4.78 is 6.83. The molecule has 0 bridgehead atoms. The van der Waals surface area contributed by atoms with Crippen molar-refractivity contribution in [2.75, 3.05) is 29.9 Å². The number of ether oxygens (including phenoxy) is 1. The van der Waals surface area contributed by atoms with Crippen molar-refractivity contribution in [3.63, 3.8) is 0 Å². The van der Waals surface area contributed by atoms with E-state index in [-0.39, 0.29) is 18.1 Å². The van der Waals surface area contributed by atoms with Gasteiger partial charge in [0.25, 0.3) is 5.56 Å². The van der Waals surface area contributed by atoms with E-state index in [1.165, 1.54) is 21.4 Å². The van der Waals surface area contributed by atoms with E-state index in [9.17, 15) is 9.59 Å². The lowest BCUT2D eigenvalue weighted by Gasteiger charge is -2.29. The van der Waals surface area contributed by atoms with Gasteiger partial charge in [-0.05, 0) is 50.3 Å². The minimum Gasteiger partial charge on any atom is -0.464 e. The molecule has 3 heterocycles. The van der Waals surface area contributed by atoms with Crippen LogP contribution in [0, 0.1) is 0 Å². The van der Waals surface area contributed by atoms with Gasteiger partial charge in [-0.3, -0.25) is 14.2 Å². The average Bonchev–Trinajstić information content (AvgIpc) is 3.38. The maximum Gasteiger partial charge on any atom is 0.326 e. The van der Waals surface area contributed by atoms with Gasteiger partial charge in [0.1, 0.15) is 12.2 Å². The van der Waals surface area contributed by atoms with Gasteiger partial charge < -0.3 is 15.0 Å². The number of benzene rings is 1. The number of unbranched alkanes of at least 4 members (excludes halogenated alkanes) is 1. The Kier molecular flexibility index (Phi) is 8.58. The van der Waals surface area contributed by atoms with Crippen molar-refractivity contribution in [1.82, 2.24) is 9.55 Å². The Labute approximate surface area is 210 Å². The van der Waals surface area contributed by atoms with E-state index in [1.54, 1.807) is 17.5 Å². The second kappa shape index (κ2) is 12.0. The summed E-state index contributed by atoms with van der Waals surface area (Å²) in [5.41, 5.74) is 1.31. The number of rotatable bonds is 10. The van der Waals surface area contributed by atoms with Gasteiger partial charge >= 0.3 is 5.97 Å². The first-order chi connectivity index (χ1) is 17.1. The third kappa shape index (κ3) is 6.31. The molecule has 1 aliphatic heterocycles. The molecular formula is C27H34N4O3S. The van der Waals surface area contributed by atoms with E-state index >= 15 is 0 Å². The van der Waals surface area contributed by atoms with Gasteiger partial charge in [0, 0.05) is 22.8 Å². The highest BCUT2D eigenvalue weighted by molar-refractivity contribution is 7.15. The van der Waals surface area contributed by atoms with Crippen molar-refractivity contribution in [2.24, 2.45) is 0 Å². The van der Waals surface area contributed by atoms with Crippen molar-refractivity contribution < 1.29 is 9.53 Å². The normalized spacial score (nSPS) is 14.5. The number of nitrogens with one attached hydrogen (secondary N) is 1. The van der Waals surface area contributed by atoms with Crippen LogP contribution in [-0.2, 0) is 16.1 Å². The molecule has 7 nitrogen and oxygen atoms in total. The van der Waals surface area contributed by atoms with Gasteiger partial charge in [-0.1, -0.05) is 43.7 Å². The summed E-state index contributed by atoms with van der Waals surface area (Å²) in [7, 11) is 0. The summed E-state index contributed by atoms with van der Waals surface area (Å²) >= 11 is 1.70. The molecule has 0 amide bonds. The van der Waals surface area contributed by atoms with E-state index in [2.05, 4.69) is 39.5 Å². The quantitative estimate of drug-likeness (QED) is 0.297. The lowest BCUT2D eigenvalue weighted by molar-refractivity contribution is -0.144. The average molecular weight is 495 g/mol. The van der Waals surface area contributed by atoms with Gasteiger partial charge in [-0.15, -0.1) is 11.3 Å². The van der Waals surface area contributed by atoms with E-state index in [0.29, 0.717) is 18.2 Å². The number of piperidine rings is 1. The van der Waals surface area contributed by atoms with Crippen LogP contribution in [0.5, 0.6) is 0 Å². The van der Waals surface area contributed by atoms with E-state index in [0.717, 1.165) is 43.6 Å². The highest BCUT2D eigenvalue weighted by Gasteiger charge is 2.22. The number of hydrogen-bond donors (Lipinski definition) is 1. The number of carbonyl (C=O) groups is 1. The molecular weight excluding hydrogens is 460 g/mol. The van der Waals surface area contributed by atoms with Gasteiger partial charge in [0.2, 0.25) is 5.95 Å². The van der Waals surface area contributed by atoms with Gasteiger partial charge in [-0.2, -0.15) is 0 Å². The summed E-state index contributed by atoms with van der Waals surface area (Å²) in [6, 6.07) is 14.4. The molecule has 0 unspecified atom stereocenters. The van der Waals surface area contributed by atoms with Crippen LogP contribution in [0.1, 0.15) is 56.9 Å². The van der Waals surface area contributed by atoms with Crippen LogP contribution in [0.3, 0.4) is 0 Å². The minimum atomic E-state index is -0.406. The van der Waals surface area contributed by atoms with Crippen molar-refractivity contribution in [1.29, 1.82) is 0 Å². The second-order valence-electron chi connectivity index (χ2n) is 8.92. The first-order valence-corrected chi connectivity index (χ1v) is 13.3. The third-order valence-electron chi connectivity index (χ3n) is 6.20. The summed E-state index contributed by atoms with van der Waals surface area (Å²) in [5, 5.41) is 3.33. The summed E-state index contributed by atoms with van der Waals surface area (Å²) in [6.45, 7) is 5.97. The Hall–Kier alpha value is -3.13. The third-order valence-corrected chi connectivity index (χ3v) is 7.51. The molecule has 0 saturated carbocycles. The highest BCUT2D eigenvalue weighted by atomic mass is 32.1. The highest BCUT2D eigenvalue weighted by Crippen LogP contribution is 2.32. The van der Waals surface area contributed by atoms with Crippen LogP contribution in [0.25, 0.3) is 10.4 Å². The molecule has 3 aromatic rings. The molecule has 0 radical (unpaired) electrons. The van der Waals surface area contributed by atoms with Gasteiger partial charge in [0.05, 0.1) is 18.8 Å². The zero-order valence-electron chi connectivity index (χ0n) is 20.5. The predicted octanol–water partition coefficient (Wildman–Crippen LogP) is 5.48. The lowest BCUT2D eigenvalue weighted by atomic mass is 10.1. The molecule has 1 aliphatic rings. The number of thiophene rings is 1. The number of aromatic nitrogens is 2. The van der Waals surface area contributed by atoms with Gasteiger partial charge in [0.15, 0.2) is 0 Å². The predicted molar refractivity (Wildman–Crippen MR) is 142 cm³/mol. The zero-order valence-corrected chi connectivity index (χ0v) is 21.4. The monoisotopic (exact) mass is 494 g/mol. The van der Waals surface area contributed by atoms with Crippen molar-refractivity contribution in [3.8, 4) is 10.4 Å². The van der Waals surface area contributed by atoms with E-state index < -0.39 is 5.97 Å². The standard InChI is InChI=1S/C27H34N4O3S/c1-3-4-17-34-25(32)19-31-26(33)22(18-28-27(31)30-15-9-6-10-16-30)29-20(2)23-13-14-24(35-23)21-11-7-5-8-12-21/h5,7-8,11-14,18,20,29H,3-4,6,9-10,15-17,19H2,1-2H3/t20-/m1/s1. The zero-order chi connectivity index (χ0) is 24.6. The van der Waals surface area contributed by atoms with E-state index in [1.807, 2.05) is 32.0 Å². The number of hydrogen-bond acceptors (Lipinski definition) is 7. The van der Waals surface area contributed by atoms with Crippen molar-refractivity contribution >= 4 is 28.9 Å². The Balaban J connectivity index is 1.56. The lowest BCUT2D eigenvalue weighted by Crippen LogP contribution is -2.38. The second-order valence-corrected chi connectivity index (χ2v) is 10.0. The molecule has 4 rings (SSSR count). The van der Waals surface area contributed by atoms with Crippen molar-refractivity contribution in [3.05, 3.63) is 63.9 Å². The molecule has 8 heteroatoms. The van der Waals surface area contributed by atoms with Crippen molar-refractivity contribution in [2.45, 2.75) is 58.5 Å². The molecule has 1 aromatic carbocycles. The maximum absolute atomic E-state index is 13.5. The fraction of sp³-hybridized carbons (Fsp3) is 0.444. The fourth-order valence-corrected chi connectivity index (χ4v) is 5.24. The molecule has 0 spiro atoms. The molecule has 186 valence electrons. The maximum atomic E-state index is 13.5. The Morgan fingerprint density at radius 3 is 2.66 bits per heavy atom. The Morgan fingerprint density at radius 1 is 1.14 bits per heavy atom. The smallest absolute Gasteiger partial charge is 0.326 e. The Morgan fingerprint density at radius 2 is 1.91 bits per heavy atom. The van der Waals surface area contributed by atoms with Gasteiger partial charge in [-0.25, -0.2) is 4.98 Å². The largest absolute Gasteiger partial charge is 0.464 e. The molecule has 1 fully saturated rings. The molecule has 1 saturated heterocycles. The summed E-state index contributed by atoms with van der Waals surface area (Å²) in [6.07, 6.45) is 6.63. The molecule has 35 heavy (non-hydrogen) atoms. The van der Waals surface area contributed by atoms with Crippen LogP contribution in [0.15, 0.2) is 53.5 Å². The van der Waals surface area contributed by atoms with Crippen LogP contribution in [0.4, 0.5) is 11.6 Å². The van der Waals surface area contributed by atoms with E-state index in [4.69, 9.17) is 4.74 Å². The summed E-state index contributed by atoms with van der Waals surface area (Å²) in [4.78, 5) is 35.1. The van der Waals surface area contributed by atoms with Crippen LogP contribution in [0.2, 0.25) is 0 Å². The number of anilines is 2. The van der Waals surface area contributed by atoms with Crippen LogP contribution < -0.4 is 15.8 Å². The number of nitrogens with zero attached hydrogens (tertiary/aromatic N) is 3. The molecule has 2 aromatic heterocycles.